The minimum absolute atomic E-state index is 0.0199. The third-order valence-corrected chi connectivity index (χ3v) is 15.9. The van der Waals surface area contributed by atoms with Crippen LogP contribution in [0.25, 0.3) is 66.9 Å². The molecule has 4 aliphatic carbocycles. The molecule has 0 N–H and O–H groups in total. The minimum atomic E-state index is -0.234. The van der Waals surface area contributed by atoms with Gasteiger partial charge in [-0.25, -0.2) is 4.98 Å². The van der Waals surface area contributed by atoms with E-state index in [2.05, 4.69) is 285 Å². The van der Waals surface area contributed by atoms with E-state index in [9.17, 15) is 0 Å². The zero-order chi connectivity index (χ0) is 48.9. The Bertz CT molecular complexity index is 3740. The van der Waals surface area contributed by atoms with Gasteiger partial charge >= 0.3 is 0 Å². The van der Waals surface area contributed by atoms with E-state index >= 15 is 0 Å². The van der Waals surface area contributed by atoms with Crippen LogP contribution in [0.2, 0.25) is 0 Å². The summed E-state index contributed by atoms with van der Waals surface area (Å²) < 4.78 is 2.44. The van der Waals surface area contributed by atoms with Gasteiger partial charge in [-0.3, -0.25) is 0 Å². The van der Waals surface area contributed by atoms with Crippen molar-refractivity contribution in [3.8, 4) is 44.8 Å². The predicted molar refractivity (Wildman–Crippen MR) is 306 cm³/mol. The highest BCUT2D eigenvalue weighted by Crippen LogP contribution is 2.53. The first kappa shape index (κ1) is 44.4. The second-order valence-electron chi connectivity index (χ2n) is 20.7. The van der Waals surface area contributed by atoms with Crippen LogP contribution in [0.1, 0.15) is 66.0 Å². The number of aromatic nitrogens is 2. The number of hydrogen-bond donors (Lipinski definition) is 0. The van der Waals surface area contributed by atoms with Crippen LogP contribution in [0.15, 0.2) is 273 Å². The van der Waals surface area contributed by atoms with Crippen molar-refractivity contribution in [2.24, 2.45) is 5.92 Å². The Balaban J connectivity index is 1.01. The van der Waals surface area contributed by atoms with Crippen LogP contribution >= 0.6 is 0 Å². The standard InChI is InChI=1S/C71H56N2/c1-70(38-18-6-19-39-70)60-46-57(51-26-12-5-13-27-51)45-59(47-60)67-61-28-14-15-29-62(61)68(58-43-55(49-22-8-3-9-23-49)42-56(44-58)50-24-10-4-11-25-50)64-48-54(36-37-63(64)67)52-32-34-53(35-33-52)69-72-65-30-16-17-31-66(65)73(69)71(2)40-20-7-21-41-71/h3-38,40,42-48,64,68H,39,41H2,1-2H3. The monoisotopic (exact) mass is 936 g/mol. The average molecular weight is 937 g/mol. The number of rotatable bonds is 9. The van der Waals surface area contributed by atoms with Crippen molar-refractivity contribution in [3.63, 3.8) is 0 Å². The Morgan fingerprint density at radius 1 is 0.479 bits per heavy atom. The maximum Gasteiger partial charge on any atom is 0.141 e. The molecule has 13 rings (SSSR count). The highest BCUT2D eigenvalue weighted by atomic mass is 15.1. The Morgan fingerprint density at radius 2 is 1.05 bits per heavy atom. The van der Waals surface area contributed by atoms with E-state index in [1.54, 1.807) is 0 Å². The number of fused-ring (bicyclic) bond motifs is 3. The average Bonchev–Trinajstić information content (AvgIpc) is 3.86. The van der Waals surface area contributed by atoms with Gasteiger partial charge in [-0.15, -0.1) is 0 Å². The first-order chi connectivity index (χ1) is 35.9. The molecule has 1 aromatic heterocycles. The molecule has 73 heavy (non-hydrogen) atoms. The van der Waals surface area contributed by atoms with Crippen LogP contribution in [-0.2, 0) is 11.0 Å². The fraction of sp³-hybridized carbons (Fsp3) is 0.113. The maximum absolute atomic E-state index is 5.29. The van der Waals surface area contributed by atoms with Gasteiger partial charge in [0.15, 0.2) is 0 Å². The lowest BCUT2D eigenvalue weighted by molar-refractivity contribution is 0.427. The van der Waals surface area contributed by atoms with Gasteiger partial charge in [0, 0.05) is 22.8 Å². The number of allylic oxidation sites excluding steroid dienone is 13. The molecule has 0 aliphatic heterocycles. The molecular weight excluding hydrogens is 881 g/mol. The third-order valence-electron chi connectivity index (χ3n) is 15.9. The molecule has 0 bridgehead atoms. The van der Waals surface area contributed by atoms with E-state index in [1.807, 2.05) is 0 Å². The van der Waals surface area contributed by atoms with E-state index in [-0.39, 0.29) is 22.8 Å². The second kappa shape index (κ2) is 18.2. The largest absolute Gasteiger partial charge is 0.314 e. The normalized spacial score (nSPS) is 20.8. The summed E-state index contributed by atoms with van der Waals surface area (Å²) in [7, 11) is 0. The molecule has 0 fully saturated rings. The van der Waals surface area contributed by atoms with Gasteiger partial charge < -0.3 is 4.57 Å². The van der Waals surface area contributed by atoms with Crippen molar-refractivity contribution < 1.29 is 0 Å². The lowest BCUT2D eigenvalue weighted by Gasteiger charge is -2.38. The van der Waals surface area contributed by atoms with Gasteiger partial charge in [0.25, 0.3) is 0 Å². The Morgan fingerprint density at radius 3 is 1.71 bits per heavy atom. The summed E-state index contributed by atoms with van der Waals surface area (Å²) in [4.78, 5) is 5.29. The number of nitrogens with zero attached hydrogens (tertiary/aromatic N) is 2. The number of imidazole rings is 1. The molecule has 350 valence electrons. The third kappa shape index (κ3) is 8.04. The van der Waals surface area contributed by atoms with Crippen molar-refractivity contribution in [2.75, 3.05) is 0 Å². The minimum Gasteiger partial charge on any atom is -0.314 e. The van der Waals surface area contributed by atoms with Gasteiger partial charge in [-0.05, 0) is 128 Å². The molecule has 4 aliphatic rings. The summed E-state index contributed by atoms with van der Waals surface area (Å²) in [5.74, 6) is 1.03. The molecule has 2 heteroatoms. The molecule has 0 saturated heterocycles. The molecule has 9 aromatic rings. The van der Waals surface area contributed by atoms with Crippen molar-refractivity contribution in [3.05, 3.63) is 306 Å². The first-order valence-corrected chi connectivity index (χ1v) is 25.9. The summed E-state index contributed by atoms with van der Waals surface area (Å²) in [5, 5.41) is 0. The highest BCUT2D eigenvalue weighted by Gasteiger charge is 2.38. The van der Waals surface area contributed by atoms with E-state index in [0.717, 1.165) is 35.3 Å². The molecule has 1 heterocycles. The zero-order valence-corrected chi connectivity index (χ0v) is 41.4. The zero-order valence-electron chi connectivity index (χ0n) is 41.4. The van der Waals surface area contributed by atoms with Crippen LogP contribution in [0.3, 0.4) is 0 Å². The smallest absolute Gasteiger partial charge is 0.141 e. The Labute approximate surface area is 429 Å². The summed E-state index contributed by atoms with van der Waals surface area (Å²) >= 11 is 0. The topological polar surface area (TPSA) is 17.8 Å². The summed E-state index contributed by atoms with van der Waals surface area (Å²) in [6.07, 6.45) is 27.3. The van der Waals surface area contributed by atoms with Gasteiger partial charge in [-0.2, -0.15) is 0 Å². The fourth-order valence-electron chi connectivity index (χ4n) is 12.1. The van der Waals surface area contributed by atoms with Crippen LogP contribution in [0.4, 0.5) is 0 Å². The van der Waals surface area contributed by atoms with Crippen molar-refractivity contribution in [2.45, 2.75) is 43.6 Å². The fourth-order valence-corrected chi connectivity index (χ4v) is 12.1. The summed E-state index contributed by atoms with van der Waals surface area (Å²) in [6, 6.07) is 74.3. The Hall–Kier alpha value is -8.59. The molecule has 0 radical (unpaired) electrons. The van der Waals surface area contributed by atoms with Crippen molar-refractivity contribution in [1.82, 2.24) is 9.55 Å². The molecule has 4 unspecified atom stereocenters. The molecule has 0 amide bonds. The highest BCUT2D eigenvalue weighted by molar-refractivity contribution is 5.93. The van der Waals surface area contributed by atoms with E-state index in [1.165, 1.54) is 83.5 Å². The van der Waals surface area contributed by atoms with Crippen LogP contribution in [0, 0.1) is 5.92 Å². The van der Waals surface area contributed by atoms with Crippen LogP contribution < -0.4 is 0 Å². The molecular formula is C71H56N2. The maximum atomic E-state index is 5.29. The van der Waals surface area contributed by atoms with Crippen molar-refractivity contribution >= 4 is 22.2 Å². The summed E-state index contributed by atoms with van der Waals surface area (Å²) in [6.45, 7) is 4.70. The predicted octanol–water partition coefficient (Wildman–Crippen LogP) is 17.9. The number of benzene rings is 8. The van der Waals surface area contributed by atoms with E-state index in [4.69, 9.17) is 4.98 Å². The lowest BCUT2D eigenvalue weighted by Crippen LogP contribution is -2.28. The van der Waals surface area contributed by atoms with Gasteiger partial charge in [0.1, 0.15) is 5.82 Å². The quantitative estimate of drug-likeness (QED) is 0.141. The van der Waals surface area contributed by atoms with Crippen LogP contribution in [0.5, 0.6) is 0 Å². The molecule has 2 nitrogen and oxygen atoms in total. The summed E-state index contributed by atoms with van der Waals surface area (Å²) in [5.41, 5.74) is 21.8. The lowest BCUT2D eigenvalue weighted by atomic mass is 9.65. The van der Waals surface area contributed by atoms with Gasteiger partial charge in [0.05, 0.1) is 16.6 Å². The van der Waals surface area contributed by atoms with E-state index in [0.29, 0.717) is 0 Å². The first-order valence-electron chi connectivity index (χ1n) is 25.9. The number of para-hydroxylation sites is 2. The number of hydrogen-bond acceptors (Lipinski definition) is 1. The van der Waals surface area contributed by atoms with Crippen LogP contribution in [-0.4, -0.2) is 9.55 Å². The Kier molecular flexibility index (Phi) is 11.1. The van der Waals surface area contributed by atoms with Gasteiger partial charge in [-0.1, -0.05) is 250 Å². The molecule has 0 saturated carbocycles. The van der Waals surface area contributed by atoms with Gasteiger partial charge in [0.2, 0.25) is 0 Å². The molecule has 8 aromatic carbocycles. The molecule has 0 spiro atoms. The van der Waals surface area contributed by atoms with Crippen molar-refractivity contribution in [1.29, 1.82) is 0 Å². The van der Waals surface area contributed by atoms with E-state index < -0.39 is 0 Å². The second-order valence-corrected chi connectivity index (χ2v) is 20.7. The SMILES string of the molecule is CC1(c2cc(C3=C4C=CC(c5ccc(-c6nc7ccccc7n6C6(C)C=CC=CC6)cc5)=CC4C(c4cc(-c5ccccc5)cc(-c5ccccc5)c4)c4ccccc43)cc(-c3ccccc3)c2)C=CC=CC1. The molecule has 4 atom stereocenters.